The van der Waals surface area contributed by atoms with Gasteiger partial charge in [-0.1, -0.05) is 6.92 Å². The fourth-order valence-corrected chi connectivity index (χ4v) is 1.10. The van der Waals surface area contributed by atoms with Gasteiger partial charge in [-0.2, -0.15) is 12.6 Å². The van der Waals surface area contributed by atoms with E-state index in [9.17, 15) is 14.4 Å². The highest BCUT2D eigenvalue weighted by atomic mass is 32.1. The lowest BCUT2D eigenvalue weighted by atomic mass is 10.2. The van der Waals surface area contributed by atoms with Crippen molar-refractivity contribution < 1.29 is 0 Å². The lowest BCUT2D eigenvalue weighted by Gasteiger charge is -2.07. The first-order valence-electron chi connectivity index (χ1n) is 4.09. The average molecular weight is 217 g/mol. The summed E-state index contributed by atoms with van der Waals surface area (Å²) in [5, 5.41) is 0. The lowest BCUT2D eigenvalue weighted by molar-refractivity contribution is 0.486. The third-order valence-corrected chi connectivity index (χ3v) is 2.36. The number of nitrogens with zero attached hydrogens (tertiary/aromatic N) is 1. The number of aromatic amines is 2. The maximum Gasteiger partial charge on any atom is 0.333 e. The minimum Gasteiger partial charge on any atom is -0.259 e. The highest BCUT2D eigenvalue weighted by Crippen LogP contribution is 1.97. The van der Waals surface area contributed by atoms with Crippen molar-refractivity contribution in [3.8, 4) is 0 Å². The predicted octanol–water partition coefficient (Wildman–Crippen LogP) is -1.21. The second kappa shape index (κ2) is 4.32. The van der Waals surface area contributed by atoms with Crippen LogP contribution in [0, 0.1) is 5.92 Å². The summed E-state index contributed by atoms with van der Waals surface area (Å²) in [5.74, 6) is 0.647. The molecule has 0 spiro atoms. The molecule has 0 amide bonds. The second-order valence-corrected chi connectivity index (χ2v) is 3.45. The number of H-pyrrole nitrogens is 2. The summed E-state index contributed by atoms with van der Waals surface area (Å²) in [7, 11) is 0. The molecule has 0 radical (unpaired) electrons. The molecule has 1 heterocycles. The molecule has 2 N–H and O–H groups in total. The van der Waals surface area contributed by atoms with Crippen LogP contribution in [-0.4, -0.2) is 20.3 Å². The topological polar surface area (TPSA) is 87.7 Å². The Morgan fingerprint density at radius 3 is 2.21 bits per heavy atom. The van der Waals surface area contributed by atoms with Crippen molar-refractivity contribution in [1.82, 2.24) is 14.5 Å². The molecule has 78 valence electrons. The van der Waals surface area contributed by atoms with Crippen molar-refractivity contribution in [3.05, 3.63) is 31.5 Å². The lowest BCUT2D eigenvalue weighted by Crippen LogP contribution is -2.44. The molecule has 0 aliphatic rings. The Morgan fingerprint density at radius 1 is 1.29 bits per heavy atom. The van der Waals surface area contributed by atoms with Gasteiger partial charge in [-0.3, -0.25) is 9.97 Å². The van der Waals surface area contributed by atoms with E-state index in [0.717, 1.165) is 4.57 Å². The quantitative estimate of drug-likeness (QED) is 0.555. The molecular weight excluding hydrogens is 206 g/mol. The Morgan fingerprint density at radius 2 is 1.79 bits per heavy atom. The first kappa shape index (κ1) is 10.8. The first-order chi connectivity index (χ1) is 6.54. The Bertz CT molecular complexity index is 438. The third kappa shape index (κ3) is 2.38. The van der Waals surface area contributed by atoms with Gasteiger partial charge in [0.2, 0.25) is 0 Å². The van der Waals surface area contributed by atoms with E-state index >= 15 is 0 Å². The van der Waals surface area contributed by atoms with Gasteiger partial charge in [0.05, 0.1) is 0 Å². The summed E-state index contributed by atoms with van der Waals surface area (Å²) >= 11 is 4.03. The zero-order valence-corrected chi connectivity index (χ0v) is 8.51. The molecule has 14 heavy (non-hydrogen) atoms. The number of aromatic nitrogens is 3. The smallest absolute Gasteiger partial charge is 0.259 e. The van der Waals surface area contributed by atoms with Gasteiger partial charge < -0.3 is 0 Å². The van der Waals surface area contributed by atoms with E-state index in [1.165, 1.54) is 0 Å². The molecule has 1 atom stereocenters. The maximum absolute atomic E-state index is 11.2. The normalized spacial score (nSPS) is 12.7. The van der Waals surface area contributed by atoms with E-state index in [1.54, 1.807) is 0 Å². The van der Waals surface area contributed by atoms with Gasteiger partial charge in [-0.15, -0.1) is 0 Å². The summed E-state index contributed by atoms with van der Waals surface area (Å²) in [6, 6.07) is 0. The zero-order valence-electron chi connectivity index (χ0n) is 7.61. The summed E-state index contributed by atoms with van der Waals surface area (Å²) < 4.78 is 0.947. The van der Waals surface area contributed by atoms with Crippen molar-refractivity contribution in [1.29, 1.82) is 0 Å². The molecule has 0 saturated carbocycles. The highest BCUT2D eigenvalue weighted by molar-refractivity contribution is 7.80. The fraction of sp³-hybridized carbons (Fsp3) is 0.571. The Labute approximate surface area is 84.4 Å². The van der Waals surface area contributed by atoms with Gasteiger partial charge in [-0.25, -0.2) is 19.0 Å². The van der Waals surface area contributed by atoms with Crippen LogP contribution in [0.1, 0.15) is 6.92 Å². The molecule has 0 aromatic carbocycles. The van der Waals surface area contributed by atoms with Crippen LogP contribution in [-0.2, 0) is 6.54 Å². The molecule has 0 bridgehead atoms. The maximum atomic E-state index is 11.2. The van der Waals surface area contributed by atoms with Gasteiger partial charge in [0, 0.05) is 6.54 Å². The second-order valence-electron chi connectivity index (χ2n) is 3.09. The van der Waals surface area contributed by atoms with Crippen LogP contribution < -0.4 is 17.1 Å². The molecule has 1 aromatic heterocycles. The van der Waals surface area contributed by atoms with Gasteiger partial charge in [0.15, 0.2) is 0 Å². The van der Waals surface area contributed by atoms with Crippen LogP contribution in [0.3, 0.4) is 0 Å². The van der Waals surface area contributed by atoms with Gasteiger partial charge in [0.1, 0.15) is 0 Å². The summed E-state index contributed by atoms with van der Waals surface area (Å²) in [5.41, 5.74) is -2.16. The van der Waals surface area contributed by atoms with E-state index in [2.05, 4.69) is 12.6 Å². The summed E-state index contributed by atoms with van der Waals surface area (Å²) in [6.07, 6.45) is 0. The number of rotatable bonds is 3. The van der Waals surface area contributed by atoms with Crippen molar-refractivity contribution in [2.75, 3.05) is 5.75 Å². The SMILES string of the molecule is CC(CS)Cn1c(=O)[nH]c(=O)[nH]c1=O. The molecule has 6 nitrogen and oxygen atoms in total. The minimum atomic E-state index is -0.783. The molecule has 1 aromatic rings. The van der Waals surface area contributed by atoms with E-state index in [1.807, 2.05) is 16.9 Å². The number of hydrogen-bond acceptors (Lipinski definition) is 4. The summed E-state index contributed by atoms with van der Waals surface area (Å²) in [6.45, 7) is 2.10. The molecule has 0 fully saturated rings. The van der Waals surface area contributed by atoms with Crippen LogP contribution in [0.4, 0.5) is 0 Å². The molecule has 0 saturated heterocycles. The van der Waals surface area contributed by atoms with Crippen molar-refractivity contribution in [2.45, 2.75) is 13.5 Å². The van der Waals surface area contributed by atoms with E-state index < -0.39 is 17.1 Å². The van der Waals surface area contributed by atoms with Crippen LogP contribution in [0.25, 0.3) is 0 Å². The highest BCUT2D eigenvalue weighted by Gasteiger charge is 2.06. The Kier molecular flexibility index (Phi) is 3.34. The average Bonchev–Trinajstić information content (AvgIpc) is 2.10. The number of thiol groups is 1. The zero-order chi connectivity index (χ0) is 10.7. The Hall–Kier alpha value is -1.24. The minimum absolute atomic E-state index is 0.0861. The van der Waals surface area contributed by atoms with Crippen molar-refractivity contribution in [2.24, 2.45) is 5.92 Å². The molecule has 1 rings (SSSR count). The van der Waals surface area contributed by atoms with Crippen LogP contribution in [0.15, 0.2) is 14.4 Å². The van der Waals surface area contributed by atoms with Gasteiger partial charge >= 0.3 is 17.1 Å². The summed E-state index contributed by atoms with van der Waals surface area (Å²) in [4.78, 5) is 37.0. The van der Waals surface area contributed by atoms with Gasteiger partial charge in [0.25, 0.3) is 0 Å². The molecule has 0 aliphatic carbocycles. The number of nitrogens with one attached hydrogen (secondary N) is 2. The van der Waals surface area contributed by atoms with E-state index in [-0.39, 0.29) is 12.5 Å². The van der Waals surface area contributed by atoms with E-state index in [4.69, 9.17) is 0 Å². The standard InChI is InChI=1S/C7H11N3O3S/c1-4(3-14)2-10-6(12)8-5(11)9-7(10)13/h4,14H,2-3H2,1H3,(H2,8,9,11,12,13). The van der Waals surface area contributed by atoms with E-state index in [0.29, 0.717) is 5.75 Å². The van der Waals surface area contributed by atoms with Gasteiger partial charge in [-0.05, 0) is 11.7 Å². The van der Waals surface area contributed by atoms with Crippen LogP contribution >= 0.6 is 12.6 Å². The largest absolute Gasteiger partial charge is 0.333 e. The first-order valence-corrected chi connectivity index (χ1v) is 4.72. The third-order valence-electron chi connectivity index (χ3n) is 1.74. The van der Waals surface area contributed by atoms with Crippen molar-refractivity contribution in [3.63, 3.8) is 0 Å². The molecule has 7 heteroatoms. The fourth-order valence-electron chi connectivity index (χ4n) is 0.988. The van der Waals surface area contributed by atoms with Crippen LogP contribution in [0.2, 0.25) is 0 Å². The molecule has 1 unspecified atom stereocenters. The molecular formula is C7H11N3O3S. The predicted molar refractivity (Wildman–Crippen MR) is 55.0 cm³/mol. The van der Waals surface area contributed by atoms with Crippen molar-refractivity contribution >= 4 is 12.6 Å². The number of hydrogen-bond donors (Lipinski definition) is 3. The van der Waals surface area contributed by atoms with Crippen LogP contribution in [0.5, 0.6) is 0 Å². The molecule has 0 aliphatic heterocycles. The Balaban J connectivity index is 3.16. The monoisotopic (exact) mass is 217 g/mol.